The van der Waals surface area contributed by atoms with Crippen LogP contribution in [0.15, 0.2) is 72.3 Å². The number of aliphatic hydroxyl groups is 2. The first kappa shape index (κ1) is 33.7. The average molecular weight is 667 g/mol. The average Bonchev–Trinajstić information content (AvgIpc) is 3.53. The molecule has 2 aromatic carbocycles. The second-order valence-corrected chi connectivity index (χ2v) is 16.7. The molecule has 3 saturated carbocycles. The number of nitrogens with one attached hydrogen (secondary N) is 1. The van der Waals surface area contributed by atoms with E-state index in [0.717, 1.165) is 48.2 Å². The van der Waals surface area contributed by atoms with Crippen LogP contribution in [-0.2, 0) is 20.7 Å². The van der Waals surface area contributed by atoms with Crippen molar-refractivity contribution in [1.29, 1.82) is 0 Å². The molecule has 0 aromatic heterocycles. The summed E-state index contributed by atoms with van der Waals surface area (Å²) >= 11 is 0. The number of carbonyl (C=O) groups is 3. The van der Waals surface area contributed by atoms with E-state index in [9.17, 15) is 24.6 Å². The molecule has 49 heavy (non-hydrogen) atoms. The van der Waals surface area contributed by atoms with E-state index in [1.54, 1.807) is 12.2 Å². The fourth-order valence-corrected chi connectivity index (χ4v) is 11.0. The summed E-state index contributed by atoms with van der Waals surface area (Å²) in [7, 11) is 0. The van der Waals surface area contributed by atoms with Gasteiger partial charge >= 0.3 is 6.09 Å². The van der Waals surface area contributed by atoms with Crippen LogP contribution in [0.2, 0.25) is 0 Å². The number of hydrogen-bond acceptors (Lipinski definition) is 7. The monoisotopic (exact) mass is 666 g/mol. The van der Waals surface area contributed by atoms with E-state index in [0.29, 0.717) is 25.1 Å². The van der Waals surface area contributed by atoms with Crippen LogP contribution in [-0.4, -0.2) is 59.3 Å². The molecule has 8 atom stereocenters. The minimum Gasteiger partial charge on any atom is -0.444 e. The highest BCUT2D eigenvalue weighted by molar-refractivity contribution is 6.01. The fraction of sp³-hybridized carbons (Fsp3) is 0.537. The summed E-state index contributed by atoms with van der Waals surface area (Å²) in [4.78, 5) is 40.8. The van der Waals surface area contributed by atoms with Gasteiger partial charge in [-0.05, 0) is 124 Å². The van der Waals surface area contributed by atoms with Gasteiger partial charge in [0, 0.05) is 35.8 Å². The SMILES string of the molecule is CC(C)(C)OC(=O)Nc1cccc(Cc2ccc(N3C[C@@H]4C[C@H]5[C@@H]6CCC7=CC(=O)C=C[C@]7(C)[C@H]6[C@@H](O)C[C@]5(C)[C@]4(C(=O)CO)C3)cc2)c1. The van der Waals surface area contributed by atoms with Gasteiger partial charge in [0.2, 0.25) is 0 Å². The van der Waals surface area contributed by atoms with E-state index in [1.807, 2.05) is 51.1 Å². The van der Waals surface area contributed by atoms with Gasteiger partial charge in [0.15, 0.2) is 11.6 Å². The molecule has 4 aliphatic carbocycles. The number of benzene rings is 2. The van der Waals surface area contributed by atoms with E-state index >= 15 is 0 Å². The molecule has 0 bridgehead atoms. The third-order valence-corrected chi connectivity index (χ3v) is 12.9. The Kier molecular flexibility index (Phi) is 8.22. The third kappa shape index (κ3) is 5.55. The minimum atomic E-state index is -0.742. The van der Waals surface area contributed by atoms with Crippen molar-refractivity contribution in [3.8, 4) is 0 Å². The molecule has 2 aromatic rings. The number of allylic oxidation sites excluding steroid dienone is 4. The van der Waals surface area contributed by atoms with Crippen molar-refractivity contribution in [1.82, 2.24) is 0 Å². The lowest BCUT2D eigenvalue weighted by Crippen LogP contribution is -2.60. The number of ketones is 2. The number of nitrogens with zero attached hydrogens (tertiary/aromatic N) is 1. The summed E-state index contributed by atoms with van der Waals surface area (Å²) in [5.41, 5.74) is 2.93. The second-order valence-electron chi connectivity index (χ2n) is 16.7. The van der Waals surface area contributed by atoms with Crippen molar-refractivity contribution < 1.29 is 29.3 Å². The lowest BCUT2D eigenvalue weighted by Gasteiger charge is -2.60. The van der Waals surface area contributed by atoms with E-state index in [1.165, 1.54) is 0 Å². The summed E-state index contributed by atoms with van der Waals surface area (Å²) in [6.07, 6.45) is 8.23. The van der Waals surface area contributed by atoms with Crippen LogP contribution in [0.4, 0.5) is 16.2 Å². The summed E-state index contributed by atoms with van der Waals surface area (Å²) in [5, 5.41) is 25.2. The number of hydrogen-bond donors (Lipinski definition) is 3. The maximum absolute atomic E-state index is 14.0. The Hall–Kier alpha value is -3.75. The maximum atomic E-state index is 14.0. The maximum Gasteiger partial charge on any atom is 0.412 e. The lowest BCUT2D eigenvalue weighted by molar-refractivity contribution is -0.157. The van der Waals surface area contributed by atoms with E-state index in [-0.39, 0.29) is 40.7 Å². The van der Waals surface area contributed by atoms with Crippen molar-refractivity contribution in [3.05, 3.63) is 83.5 Å². The van der Waals surface area contributed by atoms with E-state index < -0.39 is 35.2 Å². The number of amides is 1. The Morgan fingerprint density at radius 2 is 1.84 bits per heavy atom. The zero-order valence-corrected chi connectivity index (χ0v) is 29.4. The Labute approximate surface area is 289 Å². The standard InChI is InChI=1S/C41H50N2O6/c1-38(2,3)49-37(48)42-29-8-6-7-26(18-29)17-25-9-12-30(13-10-25)43-22-28-20-33-32-14-11-27-19-31(45)15-16-39(27,4)36(32)34(46)21-40(33,5)41(28,24-43)35(47)23-44/h6-10,12-13,15-16,18-19,28,32-34,36,44,46H,11,14,17,20-24H2,1-5H3,(H,42,48)/t28-,32-,33-,34-,36+,39-,40-,41+/m0/s1. The molecule has 8 nitrogen and oxygen atoms in total. The Morgan fingerprint density at radius 1 is 1.08 bits per heavy atom. The zero-order chi connectivity index (χ0) is 34.9. The van der Waals surface area contributed by atoms with Gasteiger partial charge < -0.3 is 19.8 Å². The number of carbonyl (C=O) groups excluding carboxylic acids is 3. The number of Topliss-reactive ketones (excluding diaryl/α,β-unsaturated/α-hetero) is 1. The third-order valence-electron chi connectivity index (χ3n) is 12.9. The largest absolute Gasteiger partial charge is 0.444 e. The first-order valence-corrected chi connectivity index (χ1v) is 17.9. The highest BCUT2D eigenvalue weighted by atomic mass is 16.6. The number of fused-ring (bicyclic) bond motifs is 7. The number of ether oxygens (including phenoxy) is 1. The lowest BCUT2D eigenvalue weighted by atomic mass is 9.44. The highest BCUT2D eigenvalue weighted by Gasteiger charge is 2.73. The molecular formula is C41H50N2O6. The quantitative estimate of drug-likeness (QED) is 0.323. The van der Waals surface area contributed by atoms with E-state index in [2.05, 4.69) is 48.3 Å². The molecule has 3 N–H and O–H groups in total. The molecular weight excluding hydrogens is 616 g/mol. The van der Waals surface area contributed by atoms with Crippen LogP contribution in [0, 0.1) is 39.9 Å². The van der Waals surface area contributed by atoms with Gasteiger partial charge in [0.05, 0.1) is 11.5 Å². The molecule has 0 unspecified atom stereocenters. The molecule has 1 amide bonds. The topological polar surface area (TPSA) is 116 Å². The van der Waals surface area contributed by atoms with Crippen molar-refractivity contribution in [3.63, 3.8) is 0 Å². The molecule has 8 heteroatoms. The minimum absolute atomic E-state index is 0.00691. The highest BCUT2D eigenvalue weighted by Crippen LogP contribution is 2.72. The Balaban J connectivity index is 1.09. The predicted octanol–water partition coefficient (Wildman–Crippen LogP) is 6.50. The first-order chi connectivity index (χ1) is 23.2. The van der Waals surface area contributed by atoms with Gasteiger partial charge in [-0.3, -0.25) is 14.9 Å². The summed E-state index contributed by atoms with van der Waals surface area (Å²) in [6, 6.07) is 16.2. The molecule has 1 aliphatic heterocycles. The predicted molar refractivity (Wildman–Crippen MR) is 189 cm³/mol. The van der Waals surface area contributed by atoms with Crippen molar-refractivity contribution in [2.75, 3.05) is 29.9 Å². The van der Waals surface area contributed by atoms with Crippen LogP contribution in [0.25, 0.3) is 0 Å². The van der Waals surface area contributed by atoms with Gasteiger partial charge in [0.1, 0.15) is 12.2 Å². The van der Waals surface area contributed by atoms with Gasteiger partial charge in [-0.1, -0.05) is 49.8 Å². The van der Waals surface area contributed by atoms with Crippen LogP contribution < -0.4 is 10.2 Å². The van der Waals surface area contributed by atoms with Crippen LogP contribution in [0.3, 0.4) is 0 Å². The number of rotatable bonds is 6. The van der Waals surface area contributed by atoms with Crippen molar-refractivity contribution in [2.24, 2.45) is 39.9 Å². The van der Waals surface area contributed by atoms with Gasteiger partial charge in [-0.15, -0.1) is 0 Å². The van der Waals surface area contributed by atoms with Crippen molar-refractivity contribution in [2.45, 2.75) is 78.4 Å². The molecule has 5 aliphatic rings. The zero-order valence-electron chi connectivity index (χ0n) is 29.4. The van der Waals surface area contributed by atoms with Crippen LogP contribution in [0.5, 0.6) is 0 Å². The molecule has 1 heterocycles. The molecule has 0 radical (unpaired) electrons. The second kappa shape index (κ2) is 11.9. The first-order valence-electron chi connectivity index (χ1n) is 17.9. The summed E-state index contributed by atoms with van der Waals surface area (Å²) < 4.78 is 5.39. The molecule has 7 rings (SSSR count). The smallest absolute Gasteiger partial charge is 0.412 e. The summed E-state index contributed by atoms with van der Waals surface area (Å²) in [5.74, 6) is 0.523. The van der Waals surface area contributed by atoms with Gasteiger partial charge in [0.25, 0.3) is 0 Å². The Morgan fingerprint density at radius 3 is 2.55 bits per heavy atom. The summed E-state index contributed by atoms with van der Waals surface area (Å²) in [6.45, 7) is 10.7. The number of aliphatic hydroxyl groups excluding tert-OH is 2. The van der Waals surface area contributed by atoms with Gasteiger partial charge in [-0.25, -0.2) is 4.79 Å². The number of anilines is 2. The molecule has 4 fully saturated rings. The molecule has 1 saturated heterocycles. The normalized spacial score (nSPS) is 34.8. The Bertz CT molecular complexity index is 1720. The molecule has 0 spiro atoms. The van der Waals surface area contributed by atoms with E-state index in [4.69, 9.17) is 4.74 Å². The van der Waals surface area contributed by atoms with Gasteiger partial charge in [-0.2, -0.15) is 0 Å². The van der Waals surface area contributed by atoms with Crippen LogP contribution in [0.1, 0.15) is 71.4 Å². The van der Waals surface area contributed by atoms with Crippen LogP contribution >= 0.6 is 0 Å². The fourth-order valence-electron chi connectivity index (χ4n) is 11.0. The van der Waals surface area contributed by atoms with Crippen molar-refractivity contribution >= 4 is 29.0 Å². The molecule has 260 valence electrons.